The number of phenolic OH excluding ortho intramolecular Hbond substituents is 2. The van der Waals surface area contributed by atoms with E-state index in [0.717, 1.165) is 11.4 Å². The van der Waals surface area contributed by atoms with E-state index in [1.807, 2.05) is 0 Å². The number of alkyl halides is 3. The monoisotopic (exact) mass is 710 g/mol. The zero-order valence-corrected chi connectivity index (χ0v) is 27.2. The van der Waals surface area contributed by atoms with Gasteiger partial charge in [0.25, 0.3) is 0 Å². The summed E-state index contributed by atoms with van der Waals surface area (Å²) in [5.41, 5.74) is 3.23. The molecule has 0 bridgehead atoms. The van der Waals surface area contributed by atoms with Gasteiger partial charge in [-0.25, -0.2) is 15.2 Å². The lowest BCUT2D eigenvalue weighted by Gasteiger charge is -2.33. The van der Waals surface area contributed by atoms with Gasteiger partial charge >= 0.3 is 27.3 Å². The molecule has 0 spiro atoms. The van der Waals surface area contributed by atoms with E-state index in [4.69, 9.17) is 0 Å². The molecule has 1 saturated carbocycles. The minimum Gasteiger partial charge on any atom is -0.508 e. The van der Waals surface area contributed by atoms with Crippen molar-refractivity contribution in [3.8, 4) is 11.5 Å². The zero-order valence-electron chi connectivity index (χ0n) is 25.4. The van der Waals surface area contributed by atoms with Crippen molar-refractivity contribution in [2.75, 3.05) is 18.2 Å². The molecule has 1 aliphatic carbocycles. The highest BCUT2D eigenvalue weighted by Crippen LogP contribution is 2.59. The van der Waals surface area contributed by atoms with Crippen LogP contribution in [-0.4, -0.2) is 66.4 Å². The van der Waals surface area contributed by atoms with Crippen LogP contribution in [0.5, 0.6) is 11.5 Å². The molecule has 3 rings (SSSR count). The molecule has 47 heavy (non-hydrogen) atoms. The van der Waals surface area contributed by atoms with Gasteiger partial charge < -0.3 is 34.5 Å². The maximum Gasteiger partial charge on any atom is 0.490 e. The van der Waals surface area contributed by atoms with Crippen LogP contribution in [0.3, 0.4) is 0 Å². The summed E-state index contributed by atoms with van der Waals surface area (Å²) in [6.45, 7) is 0.0972. The molecule has 0 aromatic heterocycles. The van der Waals surface area contributed by atoms with Crippen molar-refractivity contribution in [2.45, 2.75) is 75.3 Å². The minimum absolute atomic E-state index is 0.0296. The number of nitrogens with one attached hydrogen (secondary N) is 1. The fraction of sp³-hybridized carbons (Fsp3) is 0.517. The second kappa shape index (κ2) is 16.0. The molecule has 2 unspecified atom stereocenters. The Morgan fingerprint density at radius 3 is 2.04 bits per heavy atom. The first-order valence-electron chi connectivity index (χ1n) is 14.9. The average Bonchev–Trinajstić information content (AvgIpc) is 2.98. The Morgan fingerprint density at radius 1 is 0.936 bits per heavy atom. The van der Waals surface area contributed by atoms with Gasteiger partial charge in [0.1, 0.15) is 17.2 Å². The van der Waals surface area contributed by atoms with Crippen LogP contribution in [0.25, 0.3) is 0 Å². The number of hydrogen-bond acceptors (Lipinski definition) is 8. The van der Waals surface area contributed by atoms with Crippen molar-refractivity contribution in [2.24, 2.45) is 5.92 Å². The van der Waals surface area contributed by atoms with Crippen molar-refractivity contribution in [3.05, 3.63) is 53.6 Å². The Hall–Kier alpha value is -2.97. The van der Waals surface area contributed by atoms with Gasteiger partial charge in [-0.3, -0.25) is 13.9 Å². The third kappa shape index (κ3) is 10.5. The summed E-state index contributed by atoms with van der Waals surface area (Å²) in [5.74, 6) is -5.27. The van der Waals surface area contributed by atoms with Gasteiger partial charge in [0.2, 0.25) is 5.91 Å². The van der Waals surface area contributed by atoms with E-state index >= 15 is 0 Å². The number of rotatable bonds is 14. The molecular weight excluding hydrogens is 671 g/mol. The van der Waals surface area contributed by atoms with Crippen molar-refractivity contribution in [1.29, 1.82) is 0 Å². The van der Waals surface area contributed by atoms with Gasteiger partial charge in [-0.1, -0.05) is 44.4 Å². The Labute approximate surface area is 269 Å². The van der Waals surface area contributed by atoms with Gasteiger partial charge in [0.15, 0.2) is 5.40 Å². The van der Waals surface area contributed by atoms with Crippen LogP contribution >= 0.6 is 15.2 Å². The standard InChI is InChI=1S/C29H39F3N2O11P2/c1-2-22(18-8-11-21(35)12-9-18)23(14-15-45-28(38)29(30,31)32)20-10-13-25(36)24(16-20)34(27(37)19-6-4-3-5-7-19)33-17-26(46(39,40)41)47(42,43)44/h8-13,16,19,22-23,26,33,35-36H,2-7,14-15,17H2,1H3,(H2,39,40,41)(H2,42,43,44). The molecule has 0 radical (unpaired) electrons. The normalized spacial score (nSPS) is 16.1. The summed E-state index contributed by atoms with van der Waals surface area (Å²) in [6, 6.07) is 10.1. The van der Waals surface area contributed by atoms with Gasteiger partial charge in [-0.2, -0.15) is 13.2 Å². The number of aromatic hydroxyl groups is 2. The maximum atomic E-state index is 13.8. The van der Waals surface area contributed by atoms with Crippen LogP contribution in [0.4, 0.5) is 18.9 Å². The molecule has 0 heterocycles. The van der Waals surface area contributed by atoms with Crippen LogP contribution in [0.2, 0.25) is 0 Å². The van der Waals surface area contributed by atoms with Crippen LogP contribution in [0.1, 0.15) is 74.8 Å². The first-order valence-corrected chi connectivity index (χ1v) is 18.2. The molecule has 2 atom stereocenters. The van der Waals surface area contributed by atoms with Crippen LogP contribution in [0, 0.1) is 5.92 Å². The molecule has 7 N–H and O–H groups in total. The molecule has 18 heteroatoms. The molecule has 13 nitrogen and oxygen atoms in total. The number of hydrazine groups is 1. The molecule has 1 aliphatic rings. The van der Waals surface area contributed by atoms with Crippen molar-refractivity contribution >= 4 is 32.8 Å². The number of carbonyl (C=O) groups excluding carboxylic acids is 2. The quantitative estimate of drug-likeness (QED) is 0.0787. The molecule has 1 fully saturated rings. The van der Waals surface area contributed by atoms with E-state index in [2.05, 4.69) is 10.2 Å². The summed E-state index contributed by atoms with van der Waals surface area (Å²) in [4.78, 5) is 63.8. The molecule has 262 valence electrons. The van der Waals surface area contributed by atoms with Crippen LogP contribution in [0.15, 0.2) is 42.5 Å². The van der Waals surface area contributed by atoms with Gasteiger partial charge in [-0.05, 0) is 72.9 Å². The highest BCUT2D eigenvalue weighted by Gasteiger charge is 2.44. The van der Waals surface area contributed by atoms with Crippen molar-refractivity contribution in [3.63, 3.8) is 0 Å². The summed E-state index contributed by atoms with van der Waals surface area (Å²) < 4.78 is 67.0. The van der Waals surface area contributed by atoms with E-state index in [-0.39, 0.29) is 17.9 Å². The number of ether oxygens (including phenoxy) is 1. The largest absolute Gasteiger partial charge is 0.508 e. The van der Waals surface area contributed by atoms with E-state index in [1.54, 1.807) is 19.1 Å². The summed E-state index contributed by atoms with van der Waals surface area (Å²) in [6.07, 6.45) is -1.78. The third-order valence-corrected chi connectivity index (χ3v) is 11.9. The maximum absolute atomic E-state index is 13.8. The molecular formula is C29H39F3N2O11P2. The SMILES string of the molecule is CCC(c1ccc(O)cc1)C(CCOC(=O)C(F)(F)F)c1ccc(O)c(N(NCC(P(=O)(O)O)P(=O)(O)O)C(=O)C2CCCCC2)c1. The number of benzene rings is 2. The lowest BCUT2D eigenvalue weighted by Crippen LogP contribution is -2.49. The van der Waals surface area contributed by atoms with Gasteiger partial charge in [0, 0.05) is 12.5 Å². The number of hydrogen-bond donors (Lipinski definition) is 7. The number of amides is 1. The third-order valence-electron chi connectivity index (χ3n) is 8.19. The molecule has 2 aromatic rings. The second-order valence-electron chi connectivity index (χ2n) is 11.4. The number of esters is 1. The summed E-state index contributed by atoms with van der Waals surface area (Å²) in [5, 5.41) is 19.0. The lowest BCUT2D eigenvalue weighted by molar-refractivity contribution is -0.199. The summed E-state index contributed by atoms with van der Waals surface area (Å²) in [7, 11) is -10.8. The number of carbonyl (C=O) groups is 2. The first kappa shape index (κ1) is 38.5. The van der Waals surface area contributed by atoms with E-state index in [9.17, 15) is 61.7 Å². The van der Waals surface area contributed by atoms with Gasteiger partial charge in [-0.15, -0.1) is 0 Å². The molecule has 1 amide bonds. The molecule has 0 saturated heterocycles. The van der Waals surface area contributed by atoms with E-state index < -0.39 is 75.3 Å². The highest BCUT2D eigenvalue weighted by molar-refractivity contribution is 7.70. The Bertz CT molecular complexity index is 1450. The van der Waals surface area contributed by atoms with Gasteiger partial charge in [0.05, 0.1) is 6.61 Å². The number of anilines is 1. The number of nitrogens with zero attached hydrogens (tertiary/aromatic N) is 1. The second-order valence-corrected chi connectivity index (χ2v) is 15.4. The summed E-state index contributed by atoms with van der Waals surface area (Å²) >= 11 is 0. The Kier molecular flexibility index (Phi) is 13.1. The van der Waals surface area contributed by atoms with Crippen LogP contribution in [-0.2, 0) is 23.5 Å². The molecule has 0 aliphatic heterocycles. The fourth-order valence-electron chi connectivity index (χ4n) is 5.81. The Balaban J connectivity index is 2.09. The number of halogens is 3. The number of phenols is 2. The van der Waals surface area contributed by atoms with E-state index in [1.165, 1.54) is 30.3 Å². The smallest absolute Gasteiger partial charge is 0.490 e. The fourth-order valence-corrected chi connectivity index (χ4v) is 8.01. The predicted octanol–water partition coefficient (Wildman–Crippen LogP) is 4.97. The topological polar surface area (TPSA) is 214 Å². The average molecular weight is 711 g/mol. The Morgan fingerprint density at radius 2 is 1.51 bits per heavy atom. The predicted molar refractivity (Wildman–Crippen MR) is 164 cm³/mol. The van der Waals surface area contributed by atoms with Crippen molar-refractivity contribution < 1.29 is 66.4 Å². The lowest BCUT2D eigenvalue weighted by atomic mass is 9.78. The first-order chi connectivity index (χ1) is 21.8. The molecule has 2 aromatic carbocycles. The zero-order chi connectivity index (χ0) is 35.2. The van der Waals surface area contributed by atoms with Crippen molar-refractivity contribution in [1.82, 2.24) is 5.43 Å². The van der Waals surface area contributed by atoms with E-state index in [0.29, 0.717) is 43.2 Å². The van der Waals surface area contributed by atoms with Crippen LogP contribution < -0.4 is 10.4 Å². The highest BCUT2D eigenvalue weighted by atomic mass is 31.2. The minimum atomic E-state index is -5.40.